The van der Waals surface area contributed by atoms with Crippen LogP contribution in [-0.4, -0.2) is 22.9 Å². The van der Waals surface area contributed by atoms with Gasteiger partial charge in [-0.3, -0.25) is 0 Å². The van der Waals surface area contributed by atoms with Crippen molar-refractivity contribution < 1.29 is 4.39 Å². The molecule has 29 heavy (non-hydrogen) atoms. The van der Waals surface area contributed by atoms with Gasteiger partial charge in [-0.15, -0.1) is 5.53 Å². The monoisotopic (exact) mass is 391 g/mol. The molecule has 1 fully saturated rings. The zero-order chi connectivity index (χ0) is 19.8. The van der Waals surface area contributed by atoms with E-state index in [0.717, 1.165) is 55.0 Å². The van der Waals surface area contributed by atoms with Crippen molar-refractivity contribution in [3.05, 3.63) is 53.1 Å². The molecule has 0 bridgehead atoms. The summed E-state index contributed by atoms with van der Waals surface area (Å²) in [5.41, 5.74) is 10.9. The quantitative estimate of drug-likeness (QED) is 0.639. The van der Waals surface area contributed by atoms with Gasteiger partial charge in [0, 0.05) is 29.9 Å². The second kappa shape index (κ2) is 7.26. The minimum Gasteiger partial charge on any atom is -0.385 e. The number of hydrogen-bond donors (Lipinski definition) is 4. The van der Waals surface area contributed by atoms with E-state index in [1.165, 1.54) is 11.8 Å². The molecule has 1 aromatic heterocycles. The summed E-state index contributed by atoms with van der Waals surface area (Å²) in [4.78, 5) is 7.59. The summed E-state index contributed by atoms with van der Waals surface area (Å²) in [7, 11) is 0. The third-order valence-electron chi connectivity index (χ3n) is 6.03. The number of fused-ring (bicyclic) bond motifs is 3. The molecule has 1 aliphatic carbocycles. The Morgan fingerprint density at radius 3 is 2.93 bits per heavy atom. The minimum atomic E-state index is -0.474. The van der Waals surface area contributed by atoms with Crippen molar-refractivity contribution in [1.82, 2.24) is 21.0 Å². The Morgan fingerprint density at radius 1 is 1.24 bits per heavy atom. The number of rotatable bonds is 4. The van der Waals surface area contributed by atoms with Crippen LogP contribution in [0.2, 0.25) is 0 Å². The normalized spacial score (nSPS) is 22.7. The predicted molar refractivity (Wildman–Crippen MR) is 109 cm³/mol. The van der Waals surface area contributed by atoms with Crippen molar-refractivity contribution in [2.45, 2.75) is 25.7 Å². The van der Waals surface area contributed by atoms with Crippen molar-refractivity contribution in [1.29, 1.82) is 5.26 Å². The zero-order valence-corrected chi connectivity index (χ0v) is 15.9. The van der Waals surface area contributed by atoms with Gasteiger partial charge in [-0.2, -0.15) is 5.26 Å². The van der Waals surface area contributed by atoms with E-state index < -0.39 is 5.82 Å². The molecular weight excluding hydrogens is 369 g/mol. The van der Waals surface area contributed by atoms with E-state index in [-0.39, 0.29) is 5.56 Å². The molecule has 4 N–H and O–H groups in total. The Hall–Kier alpha value is -3.31. The lowest BCUT2D eigenvalue weighted by Crippen LogP contribution is -2.38. The summed E-state index contributed by atoms with van der Waals surface area (Å²) in [6.07, 6.45) is 8.17. The number of nitrogens with one attached hydrogen (secondary N) is 4. The number of nitriles is 1. The molecule has 0 amide bonds. The van der Waals surface area contributed by atoms with Crippen molar-refractivity contribution >= 4 is 23.5 Å². The molecule has 0 spiro atoms. The van der Waals surface area contributed by atoms with Crippen LogP contribution in [0.25, 0.3) is 5.70 Å². The first-order valence-electron chi connectivity index (χ1n) is 9.93. The first-order chi connectivity index (χ1) is 14.2. The van der Waals surface area contributed by atoms with E-state index in [4.69, 9.17) is 5.26 Å². The number of halogens is 1. The Labute approximate surface area is 168 Å². The highest BCUT2D eigenvalue weighted by atomic mass is 19.1. The summed E-state index contributed by atoms with van der Waals surface area (Å²) >= 11 is 0. The number of allylic oxidation sites excluding steroid dienone is 1. The average molecular weight is 391 g/mol. The fourth-order valence-corrected chi connectivity index (χ4v) is 4.43. The summed E-state index contributed by atoms with van der Waals surface area (Å²) in [6.45, 7) is 0.835. The molecule has 0 unspecified atom stereocenters. The Kier molecular flexibility index (Phi) is 4.45. The Balaban J connectivity index is 1.22. The molecule has 3 aliphatic rings. The number of hydrazine groups is 2. The molecule has 148 valence electrons. The molecule has 0 atom stereocenters. The zero-order valence-electron chi connectivity index (χ0n) is 15.9. The van der Waals surface area contributed by atoms with Gasteiger partial charge < -0.3 is 15.7 Å². The second-order valence-electron chi connectivity index (χ2n) is 7.76. The van der Waals surface area contributed by atoms with Gasteiger partial charge in [-0.05, 0) is 55.9 Å². The summed E-state index contributed by atoms with van der Waals surface area (Å²) < 4.78 is 13.5. The van der Waals surface area contributed by atoms with Gasteiger partial charge >= 0.3 is 0 Å². The maximum atomic E-state index is 13.5. The van der Waals surface area contributed by atoms with Crippen molar-refractivity contribution in [2.24, 2.45) is 16.8 Å². The molecule has 1 saturated carbocycles. The van der Waals surface area contributed by atoms with E-state index in [2.05, 4.69) is 32.3 Å². The van der Waals surface area contributed by atoms with Crippen LogP contribution in [0.15, 0.2) is 41.2 Å². The highest BCUT2D eigenvalue weighted by molar-refractivity contribution is 5.87. The number of benzene rings is 1. The number of anilines is 1. The van der Waals surface area contributed by atoms with Crippen LogP contribution in [-0.2, 0) is 0 Å². The van der Waals surface area contributed by atoms with E-state index in [0.29, 0.717) is 11.8 Å². The first kappa shape index (κ1) is 17.8. The largest absolute Gasteiger partial charge is 0.385 e. The second-order valence-corrected chi connectivity index (χ2v) is 7.76. The van der Waals surface area contributed by atoms with Crippen LogP contribution in [0.1, 0.15) is 36.8 Å². The lowest BCUT2D eigenvalue weighted by molar-refractivity contribution is 0.300. The molecule has 8 heteroatoms. The Bertz CT molecular complexity index is 1020. The van der Waals surface area contributed by atoms with Crippen molar-refractivity contribution in [2.75, 3.05) is 11.9 Å². The van der Waals surface area contributed by atoms with E-state index in [1.54, 1.807) is 18.5 Å². The topological polar surface area (TPSA) is 91.3 Å². The van der Waals surface area contributed by atoms with Gasteiger partial charge in [-0.25, -0.2) is 14.4 Å². The fraction of sp³-hybridized carbons (Fsp3) is 0.333. The molecule has 0 radical (unpaired) electrons. The fourth-order valence-electron chi connectivity index (χ4n) is 4.43. The lowest BCUT2D eigenvalue weighted by Gasteiger charge is -2.30. The van der Waals surface area contributed by atoms with Gasteiger partial charge in [0.1, 0.15) is 24.0 Å². The number of aromatic nitrogens is 1. The highest BCUT2D eigenvalue weighted by Gasteiger charge is 2.34. The molecule has 0 saturated heterocycles. The predicted octanol–water partition coefficient (Wildman–Crippen LogP) is 3.61. The summed E-state index contributed by atoms with van der Waals surface area (Å²) in [5, 5.41) is 14.3. The molecule has 2 aromatic rings. The maximum Gasteiger partial charge on any atom is 0.141 e. The van der Waals surface area contributed by atoms with Crippen molar-refractivity contribution in [3.8, 4) is 6.07 Å². The molecule has 1 aromatic carbocycles. The van der Waals surface area contributed by atoms with Gasteiger partial charge in [0.05, 0.1) is 17.0 Å². The third-order valence-corrected chi connectivity index (χ3v) is 6.03. The van der Waals surface area contributed by atoms with Crippen LogP contribution in [0, 0.1) is 29.0 Å². The molecule has 3 heterocycles. The molecule has 2 aliphatic heterocycles. The van der Waals surface area contributed by atoms with E-state index >= 15 is 0 Å². The number of aromatic amines is 1. The van der Waals surface area contributed by atoms with E-state index in [9.17, 15) is 4.39 Å². The van der Waals surface area contributed by atoms with Crippen LogP contribution in [0.5, 0.6) is 0 Å². The average Bonchev–Trinajstić information content (AvgIpc) is 3.40. The number of hydrogen-bond acceptors (Lipinski definition) is 6. The number of aliphatic imine (C=N–C) groups is 1. The van der Waals surface area contributed by atoms with Gasteiger partial charge in [0.25, 0.3) is 0 Å². The summed E-state index contributed by atoms with van der Waals surface area (Å²) in [6, 6.07) is 8.57. The first-order valence-corrected chi connectivity index (χ1v) is 9.93. The highest BCUT2D eigenvalue weighted by Crippen LogP contribution is 2.40. The summed E-state index contributed by atoms with van der Waals surface area (Å²) in [5.74, 6) is 1.46. The number of H-pyrrole nitrogens is 1. The third kappa shape index (κ3) is 3.23. The number of nitrogens with zero attached hydrogens (tertiary/aromatic N) is 3. The van der Waals surface area contributed by atoms with Crippen LogP contribution >= 0.6 is 0 Å². The molecule has 5 rings (SSSR count). The lowest BCUT2D eigenvalue weighted by atomic mass is 9.79. The smallest absolute Gasteiger partial charge is 0.141 e. The van der Waals surface area contributed by atoms with Crippen LogP contribution in [0.3, 0.4) is 0 Å². The van der Waals surface area contributed by atoms with E-state index in [1.807, 2.05) is 17.3 Å². The molecule has 7 nitrogen and oxygen atoms in total. The van der Waals surface area contributed by atoms with Crippen molar-refractivity contribution in [3.63, 3.8) is 0 Å². The standard InChI is InChI=1S/C21H22FN7/c22-18-6-5-16(9-15(18)10-23)25-11-13-1-3-14(4-2-13)19-20-17-7-8-24-21(17)26-12-29(20)28-27-19/h5-9,12-14,24-25,27-28H,1-4,11H2/t13-,14-. The maximum absolute atomic E-state index is 13.5. The van der Waals surface area contributed by atoms with Gasteiger partial charge in [0.15, 0.2) is 0 Å². The Morgan fingerprint density at radius 2 is 2.10 bits per heavy atom. The molecular formula is C21H22FN7. The van der Waals surface area contributed by atoms with Crippen LogP contribution < -0.4 is 16.3 Å². The van der Waals surface area contributed by atoms with Gasteiger partial charge in [0.2, 0.25) is 0 Å². The van der Waals surface area contributed by atoms with Gasteiger partial charge in [-0.1, -0.05) is 0 Å². The SMILES string of the molecule is N#Cc1cc(NC[C@H]2CC[C@H](C3=C4c5cc[nH]c5N=CN4NN3)CC2)ccc1F. The minimum absolute atomic E-state index is 0.0802. The van der Waals surface area contributed by atoms with Crippen LogP contribution in [0.4, 0.5) is 15.9 Å².